The lowest BCUT2D eigenvalue weighted by Crippen LogP contribution is -2.39. The molecule has 1 aliphatic heterocycles. The lowest BCUT2D eigenvalue weighted by atomic mass is 10.2. The van der Waals surface area contributed by atoms with Gasteiger partial charge in [-0.2, -0.15) is 0 Å². The average molecular weight is 269 g/mol. The second kappa shape index (κ2) is 6.49. The van der Waals surface area contributed by atoms with E-state index in [-0.39, 0.29) is 17.8 Å². The van der Waals surface area contributed by atoms with Gasteiger partial charge in [0.05, 0.1) is 33.0 Å². The van der Waals surface area contributed by atoms with Crippen molar-refractivity contribution in [3.8, 4) is 5.75 Å². The molecular formula is C13H16FNO4. The van der Waals surface area contributed by atoms with Crippen LogP contribution in [0.1, 0.15) is 10.4 Å². The maximum absolute atomic E-state index is 13.2. The zero-order valence-corrected chi connectivity index (χ0v) is 10.6. The molecule has 1 aromatic carbocycles. The molecule has 0 saturated carbocycles. The fourth-order valence-electron chi connectivity index (χ4n) is 1.76. The number of halogens is 1. The lowest BCUT2D eigenvalue weighted by molar-refractivity contribution is -0.0855. The molecule has 1 atom stereocenters. The number of hydrogen-bond acceptors (Lipinski definition) is 4. The van der Waals surface area contributed by atoms with Gasteiger partial charge in [0.1, 0.15) is 0 Å². The number of hydrogen-bond donors (Lipinski definition) is 1. The van der Waals surface area contributed by atoms with Crippen molar-refractivity contribution in [3.05, 3.63) is 29.6 Å². The van der Waals surface area contributed by atoms with Crippen LogP contribution in [0.3, 0.4) is 0 Å². The van der Waals surface area contributed by atoms with E-state index in [9.17, 15) is 9.18 Å². The molecule has 1 N–H and O–H groups in total. The first-order chi connectivity index (χ1) is 9.20. The van der Waals surface area contributed by atoms with Gasteiger partial charge in [0.15, 0.2) is 11.6 Å². The van der Waals surface area contributed by atoms with Gasteiger partial charge in [-0.25, -0.2) is 4.39 Å². The van der Waals surface area contributed by atoms with Crippen LogP contribution >= 0.6 is 0 Å². The van der Waals surface area contributed by atoms with E-state index in [1.165, 1.54) is 25.3 Å². The largest absolute Gasteiger partial charge is 0.494 e. The molecule has 0 bridgehead atoms. The smallest absolute Gasteiger partial charge is 0.251 e. The molecular weight excluding hydrogens is 253 g/mol. The molecule has 1 aromatic rings. The third kappa shape index (κ3) is 3.65. The van der Waals surface area contributed by atoms with Crippen molar-refractivity contribution in [2.75, 3.05) is 33.5 Å². The normalized spacial score (nSPS) is 18.9. The highest BCUT2D eigenvalue weighted by atomic mass is 19.1. The first kappa shape index (κ1) is 13.8. The highest BCUT2D eigenvalue weighted by molar-refractivity contribution is 5.94. The van der Waals surface area contributed by atoms with E-state index in [0.29, 0.717) is 31.9 Å². The average Bonchev–Trinajstić information content (AvgIpc) is 2.46. The number of benzene rings is 1. The Morgan fingerprint density at radius 1 is 1.53 bits per heavy atom. The Labute approximate surface area is 110 Å². The van der Waals surface area contributed by atoms with Crippen LogP contribution in [0.25, 0.3) is 0 Å². The Balaban J connectivity index is 1.92. The number of carbonyl (C=O) groups is 1. The van der Waals surface area contributed by atoms with Crippen LogP contribution < -0.4 is 10.1 Å². The van der Waals surface area contributed by atoms with E-state index in [4.69, 9.17) is 14.2 Å². The Hall–Kier alpha value is -1.66. The van der Waals surface area contributed by atoms with Gasteiger partial charge in [-0.15, -0.1) is 0 Å². The predicted octanol–water partition coefficient (Wildman–Crippen LogP) is 0.979. The highest BCUT2D eigenvalue weighted by Crippen LogP contribution is 2.18. The van der Waals surface area contributed by atoms with Crippen molar-refractivity contribution in [1.29, 1.82) is 0 Å². The zero-order chi connectivity index (χ0) is 13.7. The fourth-order valence-corrected chi connectivity index (χ4v) is 1.76. The van der Waals surface area contributed by atoms with Crippen LogP contribution in [0, 0.1) is 5.82 Å². The van der Waals surface area contributed by atoms with E-state index < -0.39 is 5.82 Å². The summed E-state index contributed by atoms with van der Waals surface area (Å²) < 4.78 is 28.7. The molecule has 104 valence electrons. The number of nitrogens with one attached hydrogen (secondary N) is 1. The first-order valence-corrected chi connectivity index (χ1v) is 6.02. The summed E-state index contributed by atoms with van der Waals surface area (Å²) in [6.45, 7) is 1.94. The summed E-state index contributed by atoms with van der Waals surface area (Å²) in [7, 11) is 1.35. The van der Waals surface area contributed by atoms with Crippen molar-refractivity contribution < 1.29 is 23.4 Å². The molecule has 0 radical (unpaired) electrons. The Kier molecular flexibility index (Phi) is 4.70. The minimum absolute atomic E-state index is 0.0462. The predicted molar refractivity (Wildman–Crippen MR) is 65.8 cm³/mol. The van der Waals surface area contributed by atoms with Gasteiger partial charge in [0, 0.05) is 12.1 Å². The molecule has 19 heavy (non-hydrogen) atoms. The minimum atomic E-state index is -0.497. The monoisotopic (exact) mass is 269 g/mol. The molecule has 0 unspecified atom stereocenters. The SMILES string of the molecule is COc1cc(C(=O)NC[C@H]2COCCO2)ccc1F. The quantitative estimate of drug-likeness (QED) is 0.885. The van der Waals surface area contributed by atoms with Gasteiger partial charge in [-0.3, -0.25) is 4.79 Å². The van der Waals surface area contributed by atoms with Crippen LogP contribution in [0.4, 0.5) is 4.39 Å². The number of amides is 1. The van der Waals surface area contributed by atoms with Gasteiger partial charge < -0.3 is 19.5 Å². The topological polar surface area (TPSA) is 56.8 Å². The Morgan fingerprint density at radius 3 is 3.05 bits per heavy atom. The number of methoxy groups -OCH3 is 1. The van der Waals surface area contributed by atoms with Gasteiger partial charge >= 0.3 is 0 Å². The maximum atomic E-state index is 13.2. The summed E-state index contributed by atoms with van der Waals surface area (Å²) in [5.41, 5.74) is 0.343. The number of ether oxygens (including phenoxy) is 3. The van der Waals surface area contributed by atoms with Crippen molar-refractivity contribution in [1.82, 2.24) is 5.32 Å². The van der Waals surface area contributed by atoms with Crippen LogP contribution in [0.5, 0.6) is 5.75 Å². The molecule has 0 aliphatic carbocycles. The first-order valence-electron chi connectivity index (χ1n) is 6.02. The molecule has 1 aliphatic rings. The van der Waals surface area contributed by atoms with Gasteiger partial charge in [0.25, 0.3) is 5.91 Å². The molecule has 0 spiro atoms. The highest BCUT2D eigenvalue weighted by Gasteiger charge is 2.16. The Morgan fingerprint density at radius 2 is 2.37 bits per heavy atom. The second-order valence-electron chi connectivity index (χ2n) is 4.13. The molecule has 1 heterocycles. The fraction of sp³-hybridized carbons (Fsp3) is 0.462. The summed E-state index contributed by atoms with van der Waals surface area (Å²) in [5, 5.41) is 2.72. The Bertz CT molecular complexity index is 446. The lowest BCUT2D eigenvalue weighted by Gasteiger charge is -2.23. The van der Waals surface area contributed by atoms with Gasteiger partial charge in [-0.1, -0.05) is 0 Å². The van der Waals surface area contributed by atoms with E-state index in [0.717, 1.165) is 0 Å². The van der Waals surface area contributed by atoms with E-state index in [1.807, 2.05) is 0 Å². The van der Waals surface area contributed by atoms with Crippen molar-refractivity contribution in [3.63, 3.8) is 0 Å². The summed E-state index contributed by atoms with van der Waals surface area (Å²) in [6, 6.07) is 3.97. The van der Waals surface area contributed by atoms with Gasteiger partial charge in [-0.05, 0) is 18.2 Å². The summed E-state index contributed by atoms with van der Waals surface area (Å²) >= 11 is 0. The zero-order valence-electron chi connectivity index (χ0n) is 10.6. The van der Waals surface area contributed by atoms with Crippen molar-refractivity contribution >= 4 is 5.91 Å². The summed E-state index contributed by atoms with van der Waals surface area (Å²) in [6.07, 6.45) is -0.139. The summed E-state index contributed by atoms with van der Waals surface area (Å²) in [4.78, 5) is 11.9. The van der Waals surface area contributed by atoms with E-state index >= 15 is 0 Å². The second-order valence-corrected chi connectivity index (χ2v) is 4.13. The maximum Gasteiger partial charge on any atom is 0.251 e. The standard InChI is InChI=1S/C13H16FNO4/c1-17-12-6-9(2-3-11(12)14)13(16)15-7-10-8-18-4-5-19-10/h2-3,6,10H,4-5,7-8H2,1H3,(H,15,16)/t10-/m0/s1. The van der Waals surface area contributed by atoms with Crippen LogP contribution in [0.2, 0.25) is 0 Å². The summed E-state index contributed by atoms with van der Waals surface area (Å²) in [5.74, 6) is -0.750. The minimum Gasteiger partial charge on any atom is -0.494 e. The molecule has 0 aromatic heterocycles. The third-order valence-corrected chi connectivity index (χ3v) is 2.79. The number of carbonyl (C=O) groups excluding carboxylic acids is 1. The molecule has 1 amide bonds. The molecule has 2 rings (SSSR count). The molecule has 5 nitrogen and oxygen atoms in total. The van der Waals surface area contributed by atoms with E-state index in [1.54, 1.807) is 0 Å². The van der Waals surface area contributed by atoms with Crippen molar-refractivity contribution in [2.45, 2.75) is 6.10 Å². The van der Waals surface area contributed by atoms with Gasteiger partial charge in [0.2, 0.25) is 0 Å². The third-order valence-electron chi connectivity index (χ3n) is 2.79. The molecule has 1 fully saturated rings. The van der Waals surface area contributed by atoms with E-state index in [2.05, 4.69) is 5.32 Å². The van der Waals surface area contributed by atoms with Crippen molar-refractivity contribution in [2.24, 2.45) is 0 Å². The molecule has 1 saturated heterocycles. The van der Waals surface area contributed by atoms with Crippen LogP contribution in [-0.4, -0.2) is 45.5 Å². The van der Waals surface area contributed by atoms with Crippen LogP contribution in [-0.2, 0) is 9.47 Å². The number of rotatable bonds is 4. The van der Waals surface area contributed by atoms with Crippen LogP contribution in [0.15, 0.2) is 18.2 Å². The molecule has 6 heteroatoms.